The molecule has 0 spiro atoms. The van der Waals surface area contributed by atoms with Crippen LogP contribution in [-0.2, 0) is 4.79 Å². The lowest BCUT2D eigenvalue weighted by atomic mass is 9.97. The van der Waals surface area contributed by atoms with E-state index in [-0.39, 0.29) is 6.61 Å². The molecule has 1 aromatic heterocycles. The van der Waals surface area contributed by atoms with Gasteiger partial charge in [0, 0.05) is 23.2 Å². The number of nitrogens with zero attached hydrogens (tertiary/aromatic N) is 1. The number of carbonyl (C=O) groups is 2. The first-order valence-corrected chi connectivity index (χ1v) is 10.4. The van der Waals surface area contributed by atoms with Gasteiger partial charge >= 0.3 is 6.03 Å². The molecule has 28 heavy (non-hydrogen) atoms. The number of hydrogen-bond donors (Lipinski definition) is 2. The number of benzene rings is 1. The number of carbonyl (C=O) groups excluding carboxylic acids is 2. The average Bonchev–Trinajstić information content (AvgIpc) is 3.14. The number of allylic oxidation sites excluding steroid dienone is 1. The summed E-state index contributed by atoms with van der Waals surface area (Å²) < 4.78 is 5.45. The molecule has 0 bridgehead atoms. The summed E-state index contributed by atoms with van der Waals surface area (Å²) in [5.41, 5.74) is 3.38. The van der Waals surface area contributed by atoms with E-state index in [1.807, 2.05) is 24.4 Å². The number of amides is 3. The Kier molecular flexibility index (Phi) is 7.19. The maximum atomic E-state index is 11.9. The molecular formula is C21H25N3O3S. The molecule has 7 heteroatoms. The van der Waals surface area contributed by atoms with Gasteiger partial charge in [-0.3, -0.25) is 10.1 Å². The van der Waals surface area contributed by atoms with E-state index in [1.165, 1.54) is 18.4 Å². The van der Waals surface area contributed by atoms with Gasteiger partial charge in [0.2, 0.25) is 0 Å². The van der Waals surface area contributed by atoms with Crippen LogP contribution < -0.4 is 15.4 Å². The first-order chi connectivity index (χ1) is 13.6. The van der Waals surface area contributed by atoms with Gasteiger partial charge in [0.1, 0.15) is 10.8 Å². The number of aromatic nitrogens is 1. The first-order valence-electron chi connectivity index (χ1n) is 9.51. The Balaban J connectivity index is 1.36. The molecule has 6 nitrogen and oxygen atoms in total. The van der Waals surface area contributed by atoms with Gasteiger partial charge in [0.25, 0.3) is 5.91 Å². The van der Waals surface area contributed by atoms with E-state index in [9.17, 15) is 9.59 Å². The normalized spacial score (nSPS) is 13.5. The smallest absolute Gasteiger partial charge is 0.321 e. The molecule has 3 rings (SSSR count). The third kappa shape index (κ3) is 6.20. The van der Waals surface area contributed by atoms with Gasteiger partial charge in [-0.1, -0.05) is 11.6 Å². The average molecular weight is 400 g/mol. The van der Waals surface area contributed by atoms with Gasteiger partial charge in [-0.2, -0.15) is 0 Å². The first kappa shape index (κ1) is 20.1. The summed E-state index contributed by atoms with van der Waals surface area (Å²) in [6, 6.07) is 6.89. The third-order valence-electron chi connectivity index (χ3n) is 4.46. The Labute approximate surface area is 169 Å². The molecule has 3 amide bonds. The summed E-state index contributed by atoms with van der Waals surface area (Å²) in [6.07, 6.45) is 7.79. The Morgan fingerprint density at radius 2 is 2.04 bits per heavy atom. The fraction of sp³-hybridized carbons (Fsp3) is 0.381. The number of rotatable bonds is 7. The van der Waals surface area contributed by atoms with E-state index in [0.29, 0.717) is 12.3 Å². The molecule has 1 aromatic carbocycles. The Morgan fingerprint density at radius 3 is 2.71 bits per heavy atom. The maximum Gasteiger partial charge on any atom is 0.321 e. The highest BCUT2D eigenvalue weighted by molar-refractivity contribution is 7.13. The molecule has 0 saturated heterocycles. The summed E-state index contributed by atoms with van der Waals surface area (Å²) in [5, 5.41) is 7.95. The van der Waals surface area contributed by atoms with Crippen molar-refractivity contribution in [1.29, 1.82) is 0 Å². The van der Waals surface area contributed by atoms with Crippen LogP contribution in [0.1, 0.15) is 37.8 Å². The van der Waals surface area contributed by atoms with Gasteiger partial charge in [0.05, 0.1) is 0 Å². The van der Waals surface area contributed by atoms with E-state index in [2.05, 4.69) is 21.7 Å². The molecule has 148 valence electrons. The van der Waals surface area contributed by atoms with Crippen LogP contribution in [0.4, 0.5) is 4.79 Å². The number of imide groups is 1. The molecule has 0 aliphatic heterocycles. The molecule has 0 saturated carbocycles. The molecule has 0 radical (unpaired) electrons. The monoisotopic (exact) mass is 399 g/mol. The van der Waals surface area contributed by atoms with Gasteiger partial charge in [-0.15, -0.1) is 11.3 Å². The number of urea groups is 1. The number of hydrogen-bond acceptors (Lipinski definition) is 5. The minimum atomic E-state index is -0.487. The fourth-order valence-corrected chi connectivity index (χ4v) is 3.81. The predicted octanol–water partition coefficient (Wildman–Crippen LogP) is 4.21. The van der Waals surface area contributed by atoms with E-state index >= 15 is 0 Å². The van der Waals surface area contributed by atoms with Crippen LogP contribution in [0.15, 0.2) is 41.3 Å². The summed E-state index contributed by atoms with van der Waals surface area (Å²) in [5.74, 6) is 0.0887. The SMILES string of the molecule is Cc1csc(-c2ccc(OCC(=O)NC(=O)NCCC3=CCCCC3)cc2)n1. The van der Waals surface area contributed by atoms with Crippen molar-refractivity contribution >= 4 is 23.3 Å². The molecule has 2 N–H and O–H groups in total. The van der Waals surface area contributed by atoms with Crippen molar-refractivity contribution in [1.82, 2.24) is 15.6 Å². The van der Waals surface area contributed by atoms with Crippen molar-refractivity contribution in [3.63, 3.8) is 0 Å². The van der Waals surface area contributed by atoms with Crippen molar-refractivity contribution in [3.05, 3.63) is 47.0 Å². The van der Waals surface area contributed by atoms with Crippen molar-refractivity contribution in [3.8, 4) is 16.3 Å². The second-order valence-corrected chi connectivity index (χ2v) is 7.63. The lowest BCUT2D eigenvalue weighted by Crippen LogP contribution is -2.42. The summed E-state index contributed by atoms with van der Waals surface area (Å²) >= 11 is 1.58. The van der Waals surface area contributed by atoms with Crippen molar-refractivity contribution < 1.29 is 14.3 Å². The van der Waals surface area contributed by atoms with E-state index < -0.39 is 11.9 Å². The molecule has 1 aliphatic carbocycles. The lowest BCUT2D eigenvalue weighted by molar-refractivity contribution is -0.122. The predicted molar refractivity (Wildman–Crippen MR) is 110 cm³/mol. The van der Waals surface area contributed by atoms with Crippen LogP contribution >= 0.6 is 11.3 Å². The van der Waals surface area contributed by atoms with E-state index in [4.69, 9.17) is 4.74 Å². The van der Waals surface area contributed by atoms with Gasteiger partial charge in [0.15, 0.2) is 6.61 Å². The summed E-state index contributed by atoms with van der Waals surface area (Å²) in [4.78, 5) is 28.1. The van der Waals surface area contributed by atoms with Crippen molar-refractivity contribution in [2.24, 2.45) is 0 Å². The Morgan fingerprint density at radius 1 is 1.21 bits per heavy atom. The molecular weight excluding hydrogens is 374 g/mol. The molecule has 0 fully saturated rings. The highest BCUT2D eigenvalue weighted by Crippen LogP contribution is 2.25. The van der Waals surface area contributed by atoms with Crippen LogP contribution in [0.5, 0.6) is 5.75 Å². The van der Waals surface area contributed by atoms with Crippen LogP contribution in [0.3, 0.4) is 0 Å². The quantitative estimate of drug-likeness (QED) is 0.684. The second kappa shape index (κ2) is 10.0. The zero-order chi connectivity index (χ0) is 19.8. The molecule has 2 aromatic rings. The summed E-state index contributed by atoms with van der Waals surface area (Å²) in [7, 11) is 0. The zero-order valence-corrected chi connectivity index (χ0v) is 16.8. The zero-order valence-electron chi connectivity index (χ0n) is 16.0. The van der Waals surface area contributed by atoms with Crippen LogP contribution in [0, 0.1) is 6.92 Å². The van der Waals surface area contributed by atoms with Gasteiger partial charge in [-0.25, -0.2) is 9.78 Å². The fourth-order valence-electron chi connectivity index (χ4n) is 3.00. The van der Waals surface area contributed by atoms with Crippen LogP contribution in [0.25, 0.3) is 10.6 Å². The molecule has 0 atom stereocenters. The van der Waals surface area contributed by atoms with Crippen molar-refractivity contribution in [2.75, 3.05) is 13.2 Å². The Hall–Kier alpha value is -2.67. The third-order valence-corrected chi connectivity index (χ3v) is 5.47. The van der Waals surface area contributed by atoms with Gasteiger partial charge in [-0.05, 0) is 63.3 Å². The lowest BCUT2D eigenvalue weighted by Gasteiger charge is -2.13. The summed E-state index contributed by atoms with van der Waals surface area (Å²) in [6.45, 7) is 2.28. The highest BCUT2D eigenvalue weighted by Gasteiger charge is 2.10. The topological polar surface area (TPSA) is 80.3 Å². The number of nitrogens with one attached hydrogen (secondary N) is 2. The standard InChI is InChI=1S/C21H25N3O3S/c1-15-14-28-20(23-15)17-7-9-18(10-8-17)27-13-19(25)24-21(26)22-12-11-16-5-3-2-4-6-16/h5,7-10,14H,2-4,6,11-13H2,1H3,(H2,22,24,25,26). The minimum Gasteiger partial charge on any atom is -0.484 e. The number of thiazole rings is 1. The molecule has 1 heterocycles. The molecule has 0 unspecified atom stereocenters. The van der Waals surface area contributed by atoms with Crippen LogP contribution in [-0.4, -0.2) is 30.1 Å². The highest BCUT2D eigenvalue weighted by atomic mass is 32.1. The minimum absolute atomic E-state index is 0.214. The Bertz CT molecular complexity index is 843. The number of aryl methyl sites for hydroxylation is 1. The maximum absolute atomic E-state index is 11.9. The van der Waals surface area contributed by atoms with Crippen LogP contribution in [0.2, 0.25) is 0 Å². The second-order valence-electron chi connectivity index (χ2n) is 6.77. The number of ether oxygens (including phenoxy) is 1. The molecule has 1 aliphatic rings. The van der Waals surface area contributed by atoms with Crippen molar-refractivity contribution in [2.45, 2.75) is 39.0 Å². The van der Waals surface area contributed by atoms with Gasteiger partial charge < -0.3 is 10.1 Å². The van der Waals surface area contributed by atoms with E-state index in [1.54, 1.807) is 23.5 Å². The van der Waals surface area contributed by atoms with E-state index in [0.717, 1.165) is 35.5 Å². The largest absolute Gasteiger partial charge is 0.484 e.